The van der Waals surface area contributed by atoms with E-state index in [0.29, 0.717) is 26.2 Å². The lowest BCUT2D eigenvalue weighted by Crippen LogP contribution is -2.43. The molecule has 2 aliphatic heterocycles. The Morgan fingerprint density at radius 3 is 2.88 bits per heavy atom. The molecule has 1 unspecified atom stereocenters. The number of thiophene rings is 1. The van der Waals surface area contributed by atoms with Gasteiger partial charge in [-0.25, -0.2) is 9.40 Å². The molecule has 2 aliphatic rings. The number of nitrogens with zero attached hydrogens (tertiary/aromatic N) is 3. The van der Waals surface area contributed by atoms with Crippen molar-refractivity contribution in [3.05, 3.63) is 58.0 Å². The van der Waals surface area contributed by atoms with Gasteiger partial charge in [-0.1, -0.05) is 12.1 Å². The smallest absolute Gasteiger partial charge is 0.257 e. The molecule has 1 aromatic carbocycles. The van der Waals surface area contributed by atoms with E-state index < -0.39 is 0 Å². The topological polar surface area (TPSA) is 45.1 Å². The highest BCUT2D eigenvalue weighted by Gasteiger charge is 2.34. The molecular formula is C19H20FN3O2S. The maximum absolute atomic E-state index is 13.6. The van der Waals surface area contributed by atoms with Gasteiger partial charge in [-0.05, 0) is 34.5 Å². The van der Waals surface area contributed by atoms with Gasteiger partial charge in [-0.3, -0.25) is 9.69 Å². The number of hydrazone groups is 1. The molecule has 0 spiro atoms. The van der Waals surface area contributed by atoms with Crippen LogP contribution in [0.25, 0.3) is 0 Å². The molecule has 26 heavy (non-hydrogen) atoms. The molecule has 2 aromatic rings. The van der Waals surface area contributed by atoms with E-state index in [2.05, 4.69) is 10.0 Å². The van der Waals surface area contributed by atoms with Crippen LogP contribution in [-0.2, 0) is 9.53 Å². The van der Waals surface area contributed by atoms with Gasteiger partial charge in [0.1, 0.15) is 5.82 Å². The number of halogens is 1. The van der Waals surface area contributed by atoms with Crippen molar-refractivity contribution in [3.8, 4) is 0 Å². The molecule has 0 saturated carbocycles. The zero-order valence-corrected chi connectivity index (χ0v) is 15.1. The maximum Gasteiger partial charge on any atom is 0.257 e. The highest BCUT2D eigenvalue weighted by Crippen LogP contribution is 2.34. The van der Waals surface area contributed by atoms with Crippen molar-refractivity contribution in [2.45, 2.75) is 12.5 Å². The summed E-state index contributed by atoms with van der Waals surface area (Å²) in [5.41, 5.74) is 2.54. The number of carbonyl (C=O) groups excluding carboxylic acids is 1. The summed E-state index contributed by atoms with van der Waals surface area (Å²) >= 11 is 1.60. The van der Waals surface area contributed by atoms with E-state index >= 15 is 0 Å². The largest absolute Gasteiger partial charge is 0.379 e. The molecule has 0 aliphatic carbocycles. The number of morpholine rings is 1. The van der Waals surface area contributed by atoms with Gasteiger partial charge in [0.15, 0.2) is 0 Å². The van der Waals surface area contributed by atoms with E-state index in [0.717, 1.165) is 29.9 Å². The molecule has 1 amide bonds. The highest BCUT2D eigenvalue weighted by molar-refractivity contribution is 7.08. The molecule has 5 nitrogen and oxygen atoms in total. The Balaban J connectivity index is 1.58. The Bertz CT molecular complexity index is 803. The maximum atomic E-state index is 13.6. The molecule has 4 rings (SSSR count). The van der Waals surface area contributed by atoms with Crippen LogP contribution in [0.5, 0.6) is 0 Å². The Labute approximate surface area is 155 Å². The Hall–Kier alpha value is -2.09. The van der Waals surface area contributed by atoms with Gasteiger partial charge >= 0.3 is 0 Å². The summed E-state index contributed by atoms with van der Waals surface area (Å²) in [6, 6.07) is 8.28. The first-order valence-corrected chi connectivity index (χ1v) is 9.62. The Morgan fingerprint density at radius 1 is 1.31 bits per heavy atom. The van der Waals surface area contributed by atoms with Crippen LogP contribution < -0.4 is 0 Å². The van der Waals surface area contributed by atoms with Crippen LogP contribution in [0.4, 0.5) is 4.39 Å². The van der Waals surface area contributed by atoms with E-state index in [1.807, 2.05) is 22.9 Å². The summed E-state index contributed by atoms with van der Waals surface area (Å²) in [4.78, 5) is 15.0. The molecule has 3 heterocycles. The van der Waals surface area contributed by atoms with Gasteiger partial charge in [-0.15, -0.1) is 0 Å². The van der Waals surface area contributed by atoms with Crippen LogP contribution in [0, 0.1) is 5.82 Å². The van der Waals surface area contributed by atoms with Gasteiger partial charge in [0.2, 0.25) is 0 Å². The summed E-state index contributed by atoms with van der Waals surface area (Å²) in [7, 11) is 0. The lowest BCUT2D eigenvalue weighted by atomic mass is 10.0. The molecule has 0 bridgehead atoms. The van der Waals surface area contributed by atoms with Gasteiger partial charge < -0.3 is 4.74 Å². The average molecular weight is 373 g/mol. The zero-order valence-electron chi connectivity index (χ0n) is 14.3. The second-order valence-electron chi connectivity index (χ2n) is 6.46. The number of carbonyl (C=O) groups is 1. The summed E-state index contributed by atoms with van der Waals surface area (Å²) in [5.74, 6) is -0.329. The van der Waals surface area contributed by atoms with E-state index in [1.165, 1.54) is 12.1 Å². The van der Waals surface area contributed by atoms with Crippen molar-refractivity contribution in [3.63, 3.8) is 0 Å². The minimum absolute atomic E-state index is 0.0329. The quantitative estimate of drug-likeness (QED) is 0.828. The summed E-state index contributed by atoms with van der Waals surface area (Å²) in [6.45, 7) is 3.13. The lowest BCUT2D eigenvalue weighted by molar-refractivity contribution is -0.135. The van der Waals surface area contributed by atoms with Crippen LogP contribution in [0.3, 0.4) is 0 Å². The van der Waals surface area contributed by atoms with Crippen molar-refractivity contribution >= 4 is 23.0 Å². The first kappa shape index (κ1) is 17.3. The van der Waals surface area contributed by atoms with Crippen molar-refractivity contribution < 1.29 is 13.9 Å². The van der Waals surface area contributed by atoms with Gasteiger partial charge in [0.05, 0.1) is 31.5 Å². The predicted molar refractivity (Wildman–Crippen MR) is 98.7 cm³/mol. The third-order valence-corrected chi connectivity index (χ3v) is 5.42. The number of rotatable bonds is 4. The summed E-state index contributed by atoms with van der Waals surface area (Å²) in [5, 5.41) is 10.2. The minimum Gasteiger partial charge on any atom is -0.379 e. The Kier molecular flexibility index (Phi) is 5.10. The molecule has 1 atom stereocenters. The number of ether oxygens (including phenoxy) is 1. The third-order valence-electron chi connectivity index (χ3n) is 4.71. The minimum atomic E-state index is -0.296. The van der Waals surface area contributed by atoms with Gasteiger partial charge in [-0.2, -0.15) is 16.4 Å². The monoisotopic (exact) mass is 373 g/mol. The van der Waals surface area contributed by atoms with E-state index in [9.17, 15) is 9.18 Å². The first-order chi connectivity index (χ1) is 12.7. The van der Waals surface area contributed by atoms with E-state index in [1.54, 1.807) is 22.4 Å². The summed E-state index contributed by atoms with van der Waals surface area (Å²) in [6.07, 6.45) is 0.592. The second-order valence-corrected chi connectivity index (χ2v) is 7.24. The molecule has 1 fully saturated rings. The molecule has 136 valence electrons. The number of benzene rings is 1. The van der Waals surface area contributed by atoms with E-state index in [4.69, 9.17) is 4.74 Å². The van der Waals surface area contributed by atoms with E-state index in [-0.39, 0.29) is 17.8 Å². The fraction of sp³-hybridized carbons (Fsp3) is 0.368. The number of hydrogen-bond donors (Lipinski definition) is 0. The van der Waals surface area contributed by atoms with Crippen LogP contribution in [0.1, 0.15) is 23.6 Å². The standard InChI is InChI=1S/C19H20FN3O2S/c20-16-3-1-2-14(10-16)17-11-18(15-4-9-26-13-15)23(21-17)19(24)12-22-5-7-25-8-6-22/h1-4,9-10,13,18H,5-8,11-12H2. The normalized spacial score (nSPS) is 21.0. The first-order valence-electron chi connectivity index (χ1n) is 8.68. The summed E-state index contributed by atoms with van der Waals surface area (Å²) < 4.78 is 18.9. The molecule has 1 aromatic heterocycles. The number of hydrogen-bond acceptors (Lipinski definition) is 5. The van der Waals surface area contributed by atoms with Crippen LogP contribution >= 0.6 is 11.3 Å². The lowest BCUT2D eigenvalue weighted by Gasteiger charge is -2.28. The molecule has 7 heteroatoms. The van der Waals surface area contributed by atoms with Crippen molar-refractivity contribution in [1.82, 2.24) is 9.91 Å². The van der Waals surface area contributed by atoms with Crippen molar-refractivity contribution in [2.75, 3.05) is 32.8 Å². The molecule has 0 N–H and O–H groups in total. The zero-order chi connectivity index (χ0) is 17.9. The van der Waals surface area contributed by atoms with Gasteiger partial charge in [0, 0.05) is 25.1 Å². The van der Waals surface area contributed by atoms with Crippen molar-refractivity contribution in [2.24, 2.45) is 5.10 Å². The third kappa shape index (κ3) is 3.70. The predicted octanol–water partition coefficient (Wildman–Crippen LogP) is 2.90. The SMILES string of the molecule is O=C(CN1CCOCC1)N1N=C(c2cccc(F)c2)CC1c1ccsc1. The number of amides is 1. The van der Waals surface area contributed by atoms with Gasteiger partial charge in [0.25, 0.3) is 5.91 Å². The average Bonchev–Trinajstić information content (AvgIpc) is 3.32. The fourth-order valence-corrected chi connectivity index (χ4v) is 4.04. The molecule has 0 radical (unpaired) electrons. The molecule has 1 saturated heterocycles. The Morgan fingerprint density at radius 2 is 2.15 bits per heavy atom. The highest BCUT2D eigenvalue weighted by atomic mass is 32.1. The second kappa shape index (κ2) is 7.65. The van der Waals surface area contributed by atoms with Crippen molar-refractivity contribution in [1.29, 1.82) is 0 Å². The fourth-order valence-electron chi connectivity index (χ4n) is 3.33. The van der Waals surface area contributed by atoms with Crippen LogP contribution in [0.2, 0.25) is 0 Å². The molecular weight excluding hydrogens is 353 g/mol. The van der Waals surface area contributed by atoms with Crippen LogP contribution in [0.15, 0.2) is 46.2 Å². The van der Waals surface area contributed by atoms with Crippen LogP contribution in [-0.4, -0.2) is 54.4 Å².